The topological polar surface area (TPSA) is 29.5 Å². The first-order valence-electron chi connectivity index (χ1n) is 4.71. The van der Waals surface area contributed by atoms with Crippen LogP contribution in [0.5, 0.6) is 0 Å². The zero-order valence-corrected chi connectivity index (χ0v) is 7.45. The lowest BCUT2D eigenvalue weighted by Crippen LogP contribution is -2.29. The van der Waals surface area contributed by atoms with Crippen LogP contribution in [0.25, 0.3) is 0 Å². The number of ether oxygens (including phenoxy) is 1. The molecule has 0 bridgehead atoms. The first kappa shape index (κ1) is 7.90. The Bertz CT molecular complexity index is 189. The van der Waals surface area contributed by atoms with Crippen molar-refractivity contribution in [1.29, 1.82) is 0 Å². The second kappa shape index (κ2) is 2.96. The molecule has 1 heterocycles. The number of amides is 1. The number of hydrogen-bond acceptors (Lipinski definition) is 2. The van der Waals surface area contributed by atoms with Crippen molar-refractivity contribution >= 4 is 6.09 Å². The Morgan fingerprint density at radius 1 is 1.42 bits per heavy atom. The molecule has 2 rings (SSSR count). The van der Waals surface area contributed by atoms with Gasteiger partial charge in [-0.25, -0.2) is 4.79 Å². The van der Waals surface area contributed by atoms with E-state index < -0.39 is 0 Å². The number of hydrogen-bond donors (Lipinski definition) is 0. The van der Waals surface area contributed by atoms with E-state index >= 15 is 0 Å². The average Bonchev–Trinajstić information content (AvgIpc) is 2.72. The predicted molar refractivity (Wildman–Crippen MR) is 44.9 cm³/mol. The van der Waals surface area contributed by atoms with Crippen LogP contribution in [-0.2, 0) is 4.74 Å². The highest BCUT2D eigenvalue weighted by Gasteiger charge is 2.30. The second-order valence-electron chi connectivity index (χ2n) is 3.92. The Morgan fingerprint density at radius 3 is 2.67 bits per heavy atom. The molecule has 1 amide bonds. The molecule has 1 aliphatic carbocycles. The van der Waals surface area contributed by atoms with Gasteiger partial charge in [-0.3, -0.25) is 0 Å². The first-order valence-corrected chi connectivity index (χ1v) is 4.71. The van der Waals surface area contributed by atoms with Crippen molar-refractivity contribution in [2.75, 3.05) is 13.1 Å². The van der Waals surface area contributed by atoms with Gasteiger partial charge in [0, 0.05) is 13.1 Å². The summed E-state index contributed by atoms with van der Waals surface area (Å²) >= 11 is 0. The molecule has 0 spiro atoms. The second-order valence-corrected chi connectivity index (χ2v) is 3.92. The third-order valence-electron chi connectivity index (χ3n) is 2.47. The number of likely N-dealkylation sites (tertiary alicyclic amines) is 1. The minimum absolute atomic E-state index is 0.0955. The first-order chi connectivity index (χ1) is 5.75. The molecule has 0 aromatic heterocycles. The third-order valence-corrected chi connectivity index (χ3v) is 2.47. The van der Waals surface area contributed by atoms with Crippen LogP contribution in [0, 0.1) is 5.92 Å². The van der Waals surface area contributed by atoms with Crippen LogP contribution in [-0.4, -0.2) is 30.2 Å². The van der Waals surface area contributed by atoms with Crippen molar-refractivity contribution in [3.05, 3.63) is 0 Å². The lowest BCUT2D eigenvalue weighted by atomic mass is 10.2. The van der Waals surface area contributed by atoms with E-state index in [1.165, 1.54) is 0 Å². The Kier molecular flexibility index (Phi) is 1.95. The van der Waals surface area contributed by atoms with E-state index in [1.54, 1.807) is 0 Å². The van der Waals surface area contributed by atoms with E-state index in [4.69, 9.17) is 4.74 Å². The molecule has 3 heteroatoms. The summed E-state index contributed by atoms with van der Waals surface area (Å²) < 4.78 is 5.18. The molecule has 3 nitrogen and oxygen atoms in total. The Hall–Kier alpha value is -0.730. The van der Waals surface area contributed by atoms with Gasteiger partial charge in [-0.05, 0) is 25.2 Å². The molecule has 1 atom stereocenters. The molecule has 1 saturated carbocycles. The van der Waals surface area contributed by atoms with Crippen LogP contribution in [0.1, 0.15) is 26.2 Å². The molecule has 2 fully saturated rings. The summed E-state index contributed by atoms with van der Waals surface area (Å²) in [5.41, 5.74) is 0. The highest BCUT2D eigenvalue weighted by Crippen LogP contribution is 2.25. The summed E-state index contributed by atoms with van der Waals surface area (Å²) in [5.74, 6) is 0.650. The largest absolute Gasteiger partial charge is 0.446 e. The van der Waals surface area contributed by atoms with Crippen molar-refractivity contribution in [3.63, 3.8) is 0 Å². The van der Waals surface area contributed by atoms with Crippen molar-refractivity contribution in [3.8, 4) is 0 Å². The fourth-order valence-electron chi connectivity index (χ4n) is 1.50. The van der Waals surface area contributed by atoms with Crippen molar-refractivity contribution < 1.29 is 9.53 Å². The molecule has 1 unspecified atom stereocenters. The molecule has 1 saturated heterocycles. The molecule has 2 aliphatic rings. The quantitative estimate of drug-likeness (QED) is 0.597. The minimum atomic E-state index is -0.0955. The van der Waals surface area contributed by atoms with Gasteiger partial charge in [-0.2, -0.15) is 0 Å². The SMILES string of the molecule is CC1CCN(C(=O)OC2CC2)C1. The minimum Gasteiger partial charge on any atom is -0.446 e. The van der Waals surface area contributed by atoms with E-state index in [2.05, 4.69) is 6.92 Å². The molecule has 12 heavy (non-hydrogen) atoms. The van der Waals surface area contributed by atoms with Gasteiger partial charge in [0.15, 0.2) is 0 Å². The number of carbonyl (C=O) groups is 1. The van der Waals surface area contributed by atoms with Crippen LogP contribution in [0.15, 0.2) is 0 Å². The third kappa shape index (κ3) is 1.71. The Morgan fingerprint density at radius 2 is 2.17 bits per heavy atom. The van der Waals surface area contributed by atoms with Crippen molar-refractivity contribution in [2.24, 2.45) is 5.92 Å². The van der Waals surface area contributed by atoms with Crippen molar-refractivity contribution in [2.45, 2.75) is 32.3 Å². The average molecular weight is 169 g/mol. The Labute approximate surface area is 72.7 Å². The molecule has 68 valence electrons. The lowest BCUT2D eigenvalue weighted by molar-refractivity contribution is 0.103. The summed E-state index contributed by atoms with van der Waals surface area (Å²) in [6.45, 7) is 3.93. The summed E-state index contributed by atoms with van der Waals surface area (Å²) in [4.78, 5) is 13.2. The molecule has 1 aliphatic heterocycles. The molecule has 0 aromatic rings. The van der Waals surface area contributed by atoms with Gasteiger partial charge in [-0.1, -0.05) is 6.92 Å². The summed E-state index contributed by atoms with van der Waals surface area (Å²) in [7, 11) is 0. The highest BCUT2D eigenvalue weighted by atomic mass is 16.6. The maximum atomic E-state index is 11.3. The van der Waals surface area contributed by atoms with Crippen LogP contribution in [0.3, 0.4) is 0 Å². The van der Waals surface area contributed by atoms with Gasteiger partial charge in [0.05, 0.1) is 0 Å². The number of nitrogens with zero attached hydrogens (tertiary/aromatic N) is 1. The maximum absolute atomic E-state index is 11.3. The van der Waals surface area contributed by atoms with Gasteiger partial charge in [0.2, 0.25) is 0 Å². The predicted octanol–water partition coefficient (Wildman–Crippen LogP) is 1.63. The number of rotatable bonds is 1. The van der Waals surface area contributed by atoms with Gasteiger partial charge in [0.1, 0.15) is 6.10 Å². The smallest absolute Gasteiger partial charge is 0.410 e. The van der Waals surface area contributed by atoms with Gasteiger partial charge in [0.25, 0.3) is 0 Å². The highest BCUT2D eigenvalue weighted by molar-refractivity contribution is 5.68. The molecule has 0 aromatic carbocycles. The zero-order chi connectivity index (χ0) is 8.55. The van der Waals surface area contributed by atoms with E-state index in [1.807, 2.05) is 4.90 Å². The Balaban J connectivity index is 1.79. The lowest BCUT2D eigenvalue weighted by Gasteiger charge is -2.14. The molecule has 0 radical (unpaired) electrons. The maximum Gasteiger partial charge on any atom is 0.410 e. The van der Waals surface area contributed by atoms with Gasteiger partial charge >= 0.3 is 6.09 Å². The van der Waals surface area contributed by atoms with Crippen LogP contribution >= 0.6 is 0 Å². The molecule has 0 N–H and O–H groups in total. The monoisotopic (exact) mass is 169 g/mol. The van der Waals surface area contributed by atoms with E-state index in [-0.39, 0.29) is 12.2 Å². The van der Waals surface area contributed by atoms with E-state index in [0.717, 1.165) is 32.4 Å². The van der Waals surface area contributed by atoms with Crippen LogP contribution < -0.4 is 0 Å². The van der Waals surface area contributed by atoms with E-state index in [0.29, 0.717) is 5.92 Å². The van der Waals surface area contributed by atoms with Gasteiger partial charge in [-0.15, -0.1) is 0 Å². The molecular weight excluding hydrogens is 154 g/mol. The zero-order valence-electron chi connectivity index (χ0n) is 7.45. The van der Waals surface area contributed by atoms with Crippen LogP contribution in [0.4, 0.5) is 4.79 Å². The standard InChI is InChI=1S/C9H15NO2/c1-7-4-5-10(6-7)9(11)12-8-2-3-8/h7-8H,2-6H2,1H3. The fourth-order valence-corrected chi connectivity index (χ4v) is 1.50. The van der Waals surface area contributed by atoms with Crippen molar-refractivity contribution in [1.82, 2.24) is 4.90 Å². The fraction of sp³-hybridized carbons (Fsp3) is 0.889. The number of carbonyl (C=O) groups excluding carboxylic acids is 1. The summed E-state index contributed by atoms with van der Waals surface area (Å²) in [6, 6.07) is 0. The van der Waals surface area contributed by atoms with E-state index in [9.17, 15) is 4.79 Å². The summed E-state index contributed by atoms with van der Waals surface area (Å²) in [5, 5.41) is 0. The summed E-state index contributed by atoms with van der Waals surface area (Å²) in [6.07, 6.45) is 3.40. The normalized spacial score (nSPS) is 29.1. The van der Waals surface area contributed by atoms with Crippen LogP contribution in [0.2, 0.25) is 0 Å². The molecular formula is C9H15NO2. The van der Waals surface area contributed by atoms with Gasteiger partial charge < -0.3 is 9.64 Å².